The second-order valence-corrected chi connectivity index (χ2v) is 12.4. The van der Waals surface area contributed by atoms with Crippen LogP contribution in [-0.2, 0) is 15.7 Å². The van der Waals surface area contributed by atoms with Gasteiger partial charge >= 0.3 is 0 Å². The number of ether oxygens (including phenoxy) is 3. The van der Waals surface area contributed by atoms with Gasteiger partial charge in [-0.1, -0.05) is 67.4 Å². The SMILES string of the molecule is CCOP(=O)(COc1ccccc1)C1(NCCCOc2cccc(OCc3ccccc3)c2)CCCCC1O. The Bertz CT molecular complexity index is 1180. The summed E-state index contributed by atoms with van der Waals surface area (Å²) in [6, 6.07) is 26.9. The average molecular weight is 554 g/mol. The Morgan fingerprint density at radius 3 is 2.31 bits per heavy atom. The van der Waals surface area contributed by atoms with Crippen molar-refractivity contribution in [3.63, 3.8) is 0 Å². The monoisotopic (exact) mass is 553 g/mol. The first kappa shape index (κ1) is 29.2. The molecule has 0 aliphatic heterocycles. The fraction of sp³-hybridized carbons (Fsp3) is 0.419. The topological polar surface area (TPSA) is 86.3 Å². The van der Waals surface area contributed by atoms with Crippen LogP contribution in [0.1, 0.15) is 44.6 Å². The predicted octanol–water partition coefficient (Wildman–Crippen LogP) is 6.61. The van der Waals surface area contributed by atoms with Crippen molar-refractivity contribution in [1.82, 2.24) is 5.32 Å². The van der Waals surface area contributed by atoms with E-state index in [1.165, 1.54) is 0 Å². The molecular formula is C31H40NO6P. The van der Waals surface area contributed by atoms with Crippen LogP contribution in [0.15, 0.2) is 84.9 Å². The summed E-state index contributed by atoms with van der Waals surface area (Å²) in [6.45, 7) is 3.57. The summed E-state index contributed by atoms with van der Waals surface area (Å²) in [7, 11) is -3.43. The van der Waals surface area contributed by atoms with E-state index in [0.717, 1.165) is 29.9 Å². The van der Waals surface area contributed by atoms with E-state index in [2.05, 4.69) is 5.32 Å². The molecule has 3 atom stereocenters. The molecule has 3 unspecified atom stereocenters. The van der Waals surface area contributed by atoms with Crippen LogP contribution in [-0.4, -0.2) is 42.6 Å². The third-order valence-corrected chi connectivity index (χ3v) is 10.0. The number of aliphatic hydroxyl groups is 1. The number of hydrogen-bond acceptors (Lipinski definition) is 7. The molecule has 3 aromatic carbocycles. The van der Waals surface area contributed by atoms with Gasteiger partial charge < -0.3 is 29.2 Å². The number of nitrogens with one attached hydrogen (secondary N) is 1. The molecule has 1 aliphatic carbocycles. The number of aliphatic hydroxyl groups excluding tert-OH is 1. The highest BCUT2D eigenvalue weighted by Crippen LogP contribution is 2.62. The van der Waals surface area contributed by atoms with Gasteiger partial charge in [0.25, 0.3) is 7.37 Å². The van der Waals surface area contributed by atoms with E-state index in [9.17, 15) is 9.67 Å². The van der Waals surface area contributed by atoms with Crippen molar-refractivity contribution in [2.24, 2.45) is 0 Å². The lowest BCUT2D eigenvalue weighted by Crippen LogP contribution is -2.57. The summed E-state index contributed by atoms with van der Waals surface area (Å²) >= 11 is 0. The highest BCUT2D eigenvalue weighted by molar-refractivity contribution is 7.60. The highest BCUT2D eigenvalue weighted by Gasteiger charge is 2.55. The third-order valence-electron chi connectivity index (χ3n) is 7.00. The maximum Gasteiger partial charge on any atom is 0.261 e. The Kier molecular flexibility index (Phi) is 10.9. The van der Waals surface area contributed by atoms with Gasteiger partial charge in [-0.2, -0.15) is 0 Å². The largest absolute Gasteiger partial charge is 0.493 e. The van der Waals surface area contributed by atoms with Crippen LogP contribution in [0.5, 0.6) is 17.2 Å². The van der Waals surface area contributed by atoms with Crippen LogP contribution in [0.4, 0.5) is 0 Å². The van der Waals surface area contributed by atoms with Crippen molar-refractivity contribution in [3.05, 3.63) is 90.5 Å². The minimum absolute atomic E-state index is 0.0960. The van der Waals surface area contributed by atoms with Crippen molar-refractivity contribution in [1.29, 1.82) is 0 Å². The van der Waals surface area contributed by atoms with E-state index >= 15 is 0 Å². The maximum atomic E-state index is 14.3. The molecule has 8 heteroatoms. The molecule has 0 spiro atoms. The van der Waals surface area contributed by atoms with Crippen LogP contribution in [0, 0.1) is 0 Å². The van der Waals surface area contributed by atoms with Crippen molar-refractivity contribution >= 4 is 7.37 Å². The lowest BCUT2D eigenvalue weighted by atomic mass is 9.91. The Balaban J connectivity index is 1.33. The molecule has 2 N–H and O–H groups in total. The zero-order valence-electron chi connectivity index (χ0n) is 22.7. The van der Waals surface area contributed by atoms with Gasteiger partial charge in [-0.15, -0.1) is 0 Å². The number of para-hydroxylation sites is 1. The Morgan fingerprint density at radius 2 is 1.59 bits per heavy atom. The molecule has 1 fully saturated rings. The molecule has 4 rings (SSSR count). The van der Waals surface area contributed by atoms with E-state index in [1.807, 2.05) is 91.9 Å². The second kappa shape index (κ2) is 14.5. The van der Waals surface area contributed by atoms with Crippen LogP contribution in [0.2, 0.25) is 0 Å². The van der Waals surface area contributed by atoms with Gasteiger partial charge in [0.15, 0.2) is 6.35 Å². The van der Waals surface area contributed by atoms with Gasteiger partial charge in [0.05, 0.1) is 19.3 Å². The van der Waals surface area contributed by atoms with E-state index in [-0.39, 0.29) is 13.0 Å². The number of rotatable bonds is 15. The lowest BCUT2D eigenvalue weighted by Gasteiger charge is -2.46. The molecule has 0 bridgehead atoms. The van der Waals surface area contributed by atoms with Crippen molar-refractivity contribution in [3.8, 4) is 17.2 Å². The molecule has 0 amide bonds. The van der Waals surface area contributed by atoms with Crippen molar-refractivity contribution in [2.45, 2.75) is 57.0 Å². The zero-order chi connectivity index (χ0) is 27.4. The maximum absolute atomic E-state index is 14.3. The van der Waals surface area contributed by atoms with Crippen LogP contribution < -0.4 is 19.5 Å². The molecular weight excluding hydrogens is 513 g/mol. The molecule has 0 saturated heterocycles. The van der Waals surface area contributed by atoms with Gasteiger partial charge in [-0.25, -0.2) is 0 Å². The second-order valence-electron chi connectivity index (χ2n) is 9.74. The molecule has 1 saturated carbocycles. The summed E-state index contributed by atoms with van der Waals surface area (Å²) in [6.07, 6.45) is 2.66. The Morgan fingerprint density at radius 1 is 0.897 bits per heavy atom. The van der Waals surface area contributed by atoms with Gasteiger partial charge in [0.1, 0.15) is 29.1 Å². The Hall–Kier alpha value is -2.83. The summed E-state index contributed by atoms with van der Waals surface area (Å²) < 4.78 is 38.1. The lowest BCUT2D eigenvalue weighted by molar-refractivity contribution is 0.0554. The minimum Gasteiger partial charge on any atom is -0.493 e. The van der Waals surface area contributed by atoms with E-state index < -0.39 is 18.8 Å². The average Bonchev–Trinajstić information content (AvgIpc) is 2.97. The quantitative estimate of drug-likeness (QED) is 0.162. The van der Waals surface area contributed by atoms with Crippen LogP contribution in [0.25, 0.3) is 0 Å². The van der Waals surface area contributed by atoms with E-state index in [0.29, 0.717) is 44.8 Å². The molecule has 210 valence electrons. The molecule has 0 heterocycles. The number of hydrogen-bond donors (Lipinski definition) is 2. The van der Waals surface area contributed by atoms with Gasteiger partial charge in [-0.05, 0) is 62.6 Å². The van der Waals surface area contributed by atoms with Crippen molar-refractivity contribution in [2.75, 3.05) is 26.1 Å². The van der Waals surface area contributed by atoms with Crippen LogP contribution >= 0.6 is 7.37 Å². The molecule has 0 aromatic heterocycles. The highest BCUT2D eigenvalue weighted by atomic mass is 31.2. The smallest absolute Gasteiger partial charge is 0.261 e. The Labute approximate surface area is 231 Å². The summed E-state index contributed by atoms with van der Waals surface area (Å²) in [4.78, 5) is 0. The van der Waals surface area contributed by atoms with E-state index in [4.69, 9.17) is 18.7 Å². The normalized spacial score (nSPS) is 20.6. The first-order chi connectivity index (χ1) is 19.0. The third kappa shape index (κ3) is 7.86. The standard InChI is InChI=1S/C31H40NO6P/c1-2-38-39(34,25-37-27-15-7-4-8-16-27)31(20-10-9-19-30(31)33)32-21-12-22-35-28-17-11-18-29(23-28)36-24-26-13-5-3-6-14-26/h3-8,11,13-18,23,30,32-33H,2,9-10,12,19-22,24-25H2,1H3. The summed E-state index contributed by atoms with van der Waals surface area (Å²) in [5.74, 6) is 2.10. The predicted molar refractivity (Wildman–Crippen MR) is 154 cm³/mol. The zero-order valence-corrected chi connectivity index (χ0v) is 23.6. The van der Waals surface area contributed by atoms with Gasteiger partial charge in [-0.3, -0.25) is 4.57 Å². The number of benzene rings is 3. The van der Waals surface area contributed by atoms with Gasteiger partial charge in [0.2, 0.25) is 0 Å². The van der Waals surface area contributed by atoms with Crippen LogP contribution in [0.3, 0.4) is 0 Å². The molecule has 1 aliphatic rings. The summed E-state index contributed by atoms with van der Waals surface area (Å²) in [5.41, 5.74) is 1.10. The summed E-state index contributed by atoms with van der Waals surface area (Å²) in [5, 5.41) is 13.6. The minimum atomic E-state index is -3.43. The first-order valence-electron chi connectivity index (χ1n) is 13.8. The molecule has 3 aromatic rings. The van der Waals surface area contributed by atoms with E-state index in [1.54, 1.807) is 0 Å². The van der Waals surface area contributed by atoms with Gasteiger partial charge in [0, 0.05) is 6.07 Å². The molecule has 39 heavy (non-hydrogen) atoms. The fourth-order valence-electron chi connectivity index (χ4n) is 4.98. The first-order valence-corrected chi connectivity index (χ1v) is 15.6. The molecule has 0 radical (unpaired) electrons. The molecule has 7 nitrogen and oxygen atoms in total. The van der Waals surface area contributed by atoms with Crippen molar-refractivity contribution < 1.29 is 28.4 Å². The fourth-order valence-corrected chi connectivity index (χ4v) is 7.68.